The fourth-order valence-electron chi connectivity index (χ4n) is 3.88. The minimum absolute atomic E-state index is 0.0923. The number of aryl methyl sites for hydroxylation is 1. The second-order valence-corrected chi connectivity index (χ2v) is 8.43. The molecular weight excluding hydrogens is 424 g/mol. The Kier molecular flexibility index (Phi) is 9.08. The number of rotatable bonds is 10. The van der Waals surface area contributed by atoms with Gasteiger partial charge >= 0.3 is 5.97 Å². The van der Waals surface area contributed by atoms with Crippen LogP contribution in [-0.4, -0.2) is 48.3 Å². The van der Waals surface area contributed by atoms with Crippen molar-refractivity contribution in [1.29, 1.82) is 0 Å². The molecule has 0 unspecified atom stereocenters. The number of amides is 1. The lowest BCUT2D eigenvalue weighted by molar-refractivity contribution is -0.153. The van der Waals surface area contributed by atoms with E-state index in [4.69, 9.17) is 14.2 Å². The Morgan fingerprint density at radius 1 is 1.06 bits per heavy atom. The van der Waals surface area contributed by atoms with Gasteiger partial charge in [0.25, 0.3) is 0 Å². The molecule has 0 bridgehead atoms. The number of hydrogen-bond donors (Lipinski definition) is 2. The van der Waals surface area contributed by atoms with E-state index in [1.807, 2.05) is 32.0 Å². The van der Waals surface area contributed by atoms with E-state index in [0.717, 1.165) is 16.9 Å². The number of esters is 1. The standard InChI is InChI=1S/C25H34N2O6/c1-14(2)23(18-9-8-15(3)12-21(18)32-7)17(5)33-25(30)16(4)27-22(28)13-19-24(29)20(31-6)10-11-26-19/h8-12,14,16-17,23,29H,13H2,1-7H3,(H,27,28)/t16-,17-,23+/m0/s1. The molecule has 1 aromatic heterocycles. The van der Waals surface area contributed by atoms with Gasteiger partial charge in [-0.1, -0.05) is 26.0 Å². The topological polar surface area (TPSA) is 107 Å². The molecule has 0 radical (unpaired) electrons. The van der Waals surface area contributed by atoms with E-state index in [2.05, 4.69) is 24.1 Å². The number of carbonyl (C=O) groups excluding carboxylic acids is 2. The van der Waals surface area contributed by atoms with Crippen LogP contribution >= 0.6 is 0 Å². The van der Waals surface area contributed by atoms with Crippen LogP contribution in [-0.2, 0) is 20.7 Å². The van der Waals surface area contributed by atoms with Gasteiger partial charge in [0.1, 0.15) is 17.9 Å². The third-order valence-corrected chi connectivity index (χ3v) is 5.52. The Balaban J connectivity index is 2.06. The molecule has 0 fully saturated rings. The number of aromatic nitrogens is 1. The van der Waals surface area contributed by atoms with E-state index in [-0.39, 0.29) is 35.4 Å². The molecule has 1 amide bonds. The average molecular weight is 459 g/mol. The summed E-state index contributed by atoms with van der Waals surface area (Å²) in [6.07, 6.45) is 0.787. The quantitative estimate of drug-likeness (QED) is 0.525. The molecule has 8 nitrogen and oxygen atoms in total. The molecule has 1 aromatic carbocycles. The van der Waals surface area contributed by atoms with E-state index < -0.39 is 24.0 Å². The van der Waals surface area contributed by atoms with Crippen molar-refractivity contribution in [2.45, 2.75) is 59.1 Å². The second kappa shape index (κ2) is 11.5. The zero-order valence-corrected chi connectivity index (χ0v) is 20.3. The summed E-state index contributed by atoms with van der Waals surface area (Å²) >= 11 is 0. The van der Waals surface area contributed by atoms with Crippen LogP contribution in [0.15, 0.2) is 30.5 Å². The predicted octanol–water partition coefficient (Wildman–Crippen LogP) is 3.53. The van der Waals surface area contributed by atoms with Gasteiger partial charge < -0.3 is 24.6 Å². The fraction of sp³-hybridized carbons (Fsp3) is 0.480. The summed E-state index contributed by atoms with van der Waals surface area (Å²) in [6.45, 7) is 9.52. The molecule has 0 saturated carbocycles. The number of nitrogens with one attached hydrogen (secondary N) is 1. The summed E-state index contributed by atoms with van der Waals surface area (Å²) in [6, 6.07) is 6.59. The van der Waals surface area contributed by atoms with E-state index in [9.17, 15) is 14.7 Å². The minimum Gasteiger partial charge on any atom is -0.503 e. The van der Waals surface area contributed by atoms with Crippen molar-refractivity contribution in [1.82, 2.24) is 10.3 Å². The van der Waals surface area contributed by atoms with Crippen LogP contribution in [0.1, 0.15) is 50.4 Å². The van der Waals surface area contributed by atoms with Crippen LogP contribution in [0.25, 0.3) is 0 Å². The lowest BCUT2D eigenvalue weighted by atomic mass is 9.83. The van der Waals surface area contributed by atoms with E-state index in [1.165, 1.54) is 19.4 Å². The smallest absolute Gasteiger partial charge is 0.328 e. The fourth-order valence-corrected chi connectivity index (χ4v) is 3.88. The van der Waals surface area contributed by atoms with Crippen molar-refractivity contribution in [3.63, 3.8) is 0 Å². The Labute approximate surface area is 195 Å². The van der Waals surface area contributed by atoms with Gasteiger partial charge in [0.15, 0.2) is 11.5 Å². The van der Waals surface area contributed by atoms with Crippen molar-refractivity contribution in [3.05, 3.63) is 47.3 Å². The first-order valence-electron chi connectivity index (χ1n) is 10.9. The van der Waals surface area contributed by atoms with Crippen LogP contribution in [0.5, 0.6) is 17.2 Å². The van der Waals surface area contributed by atoms with Gasteiger partial charge in [-0.05, 0) is 38.3 Å². The van der Waals surface area contributed by atoms with Crippen LogP contribution in [0.2, 0.25) is 0 Å². The normalized spacial score (nSPS) is 13.7. The third kappa shape index (κ3) is 6.60. The summed E-state index contributed by atoms with van der Waals surface area (Å²) in [5.41, 5.74) is 2.21. The Morgan fingerprint density at radius 2 is 1.73 bits per heavy atom. The highest BCUT2D eigenvalue weighted by molar-refractivity contribution is 5.85. The first kappa shape index (κ1) is 26.0. The number of pyridine rings is 1. The molecule has 3 atom stereocenters. The van der Waals surface area contributed by atoms with Crippen LogP contribution < -0.4 is 14.8 Å². The molecule has 0 aliphatic carbocycles. The molecule has 33 heavy (non-hydrogen) atoms. The summed E-state index contributed by atoms with van der Waals surface area (Å²) in [5, 5.41) is 12.7. The molecule has 0 spiro atoms. The Morgan fingerprint density at radius 3 is 2.33 bits per heavy atom. The SMILES string of the molecule is COc1cc(C)ccc1[C@H](C(C)C)[C@H](C)OC(=O)[C@H](C)NC(=O)Cc1nccc(OC)c1O. The number of benzene rings is 1. The van der Waals surface area contributed by atoms with Gasteiger partial charge in [0, 0.05) is 23.7 Å². The van der Waals surface area contributed by atoms with Crippen molar-refractivity contribution in [2.24, 2.45) is 5.92 Å². The number of carbonyl (C=O) groups is 2. The summed E-state index contributed by atoms with van der Waals surface area (Å²) < 4.78 is 16.3. The minimum atomic E-state index is -0.875. The molecule has 0 aliphatic heterocycles. The van der Waals surface area contributed by atoms with Crippen LogP contribution in [0.4, 0.5) is 0 Å². The Bertz CT molecular complexity index is 975. The maximum Gasteiger partial charge on any atom is 0.328 e. The molecule has 2 aromatic rings. The highest BCUT2D eigenvalue weighted by Crippen LogP contribution is 2.36. The number of aromatic hydroxyl groups is 1. The summed E-state index contributed by atoms with van der Waals surface area (Å²) in [7, 11) is 3.04. The van der Waals surface area contributed by atoms with Crippen molar-refractivity contribution < 1.29 is 28.9 Å². The van der Waals surface area contributed by atoms with Crippen molar-refractivity contribution >= 4 is 11.9 Å². The van der Waals surface area contributed by atoms with Gasteiger partial charge in [-0.25, -0.2) is 4.79 Å². The molecule has 2 rings (SSSR count). The van der Waals surface area contributed by atoms with Crippen molar-refractivity contribution in [3.8, 4) is 17.2 Å². The molecular formula is C25H34N2O6. The summed E-state index contributed by atoms with van der Waals surface area (Å²) in [5.74, 6) is -0.157. The maximum absolute atomic E-state index is 12.7. The monoisotopic (exact) mass is 458 g/mol. The first-order chi connectivity index (χ1) is 15.6. The Hall–Kier alpha value is -3.29. The molecule has 1 heterocycles. The first-order valence-corrected chi connectivity index (χ1v) is 10.9. The molecule has 0 saturated heterocycles. The van der Waals surface area contributed by atoms with Crippen molar-refractivity contribution in [2.75, 3.05) is 14.2 Å². The van der Waals surface area contributed by atoms with E-state index >= 15 is 0 Å². The zero-order valence-electron chi connectivity index (χ0n) is 20.3. The predicted molar refractivity (Wildman–Crippen MR) is 125 cm³/mol. The molecule has 0 aliphatic rings. The lowest BCUT2D eigenvalue weighted by Crippen LogP contribution is -2.42. The van der Waals surface area contributed by atoms with E-state index in [1.54, 1.807) is 14.0 Å². The number of ether oxygens (including phenoxy) is 3. The van der Waals surface area contributed by atoms with Crippen LogP contribution in [0.3, 0.4) is 0 Å². The number of methoxy groups -OCH3 is 2. The molecule has 180 valence electrons. The van der Waals surface area contributed by atoms with Gasteiger partial charge in [-0.3, -0.25) is 9.78 Å². The van der Waals surface area contributed by atoms with Gasteiger partial charge in [0.05, 0.1) is 26.3 Å². The number of hydrogen-bond acceptors (Lipinski definition) is 7. The van der Waals surface area contributed by atoms with Gasteiger partial charge in [-0.2, -0.15) is 0 Å². The summed E-state index contributed by atoms with van der Waals surface area (Å²) in [4.78, 5) is 29.1. The third-order valence-electron chi connectivity index (χ3n) is 5.52. The van der Waals surface area contributed by atoms with Gasteiger partial charge in [-0.15, -0.1) is 0 Å². The zero-order chi connectivity index (χ0) is 24.7. The number of nitrogens with zero attached hydrogens (tertiary/aromatic N) is 1. The van der Waals surface area contributed by atoms with Crippen LogP contribution in [0, 0.1) is 12.8 Å². The lowest BCUT2D eigenvalue weighted by Gasteiger charge is -2.30. The average Bonchev–Trinajstić information content (AvgIpc) is 2.75. The van der Waals surface area contributed by atoms with Gasteiger partial charge in [0.2, 0.25) is 5.91 Å². The largest absolute Gasteiger partial charge is 0.503 e. The second-order valence-electron chi connectivity index (χ2n) is 8.43. The molecule has 8 heteroatoms. The highest BCUT2D eigenvalue weighted by atomic mass is 16.5. The maximum atomic E-state index is 12.7. The molecule has 2 N–H and O–H groups in total. The highest BCUT2D eigenvalue weighted by Gasteiger charge is 2.30. The van der Waals surface area contributed by atoms with E-state index in [0.29, 0.717) is 0 Å².